The van der Waals surface area contributed by atoms with Crippen molar-refractivity contribution in [1.29, 1.82) is 0 Å². The highest BCUT2D eigenvalue weighted by Gasteiger charge is 2.26. The molecule has 144 valence electrons. The van der Waals surface area contributed by atoms with E-state index in [1.54, 1.807) is 12.1 Å². The zero-order chi connectivity index (χ0) is 20.0. The largest absolute Gasteiger partial charge is 0.468 e. The van der Waals surface area contributed by atoms with Gasteiger partial charge in [-0.3, -0.25) is 4.79 Å². The maximum absolute atomic E-state index is 12.5. The van der Waals surface area contributed by atoms with Crippen LogP contribution in [-0.4, -0.2) is 46.8 Å². The molecular weight excluding hydrogens is 370 g/mol. The molecule has 26 heavy (non-hydrogen) atoms. The lowest BCUT2D eigenvalue weighted by atomic mass is 10.1. The van der Waals surface area contributed by atoms with Crippen LogP contribution in [0.5, 0.6) is 0 Å². The molecule has 1 aromatic rings. The molecule has 0 saturated heterocycles. The fourth-order valence-electron chi connectivity index (χ4n) is 2.04. The number of hydrogen-bond acceptors (Lipinski definition) is 5. The second-order valence-electron chi connectivity index (χ2n) is 7.12. The molecule has 0 bridgehead atoms. The maximum Gasteiger partial charge on any atom is 0.323 e. The predicted octanol–water partition coefficient (Wildman–Crippen LogP) is 1.84. The zero-order valence-corrected chi connectivity index (χ0v) is 17.7. The molecular formula is C18H27NO5SSi. The molecule has 0 spiro atoms. The lowest BCUT2D eigenvalue weighted by molar-refractivity contribution is -0.142. The van der Waals surface area contributed by atoms with Gasteiger partial charge < -0.3 is 9.84 Å². The first-order chi connectivity index (χ1) is 11.9. The molecule has 1 rings (SSSR count). The lowest BCUT2D eigenvalue weighted by Crippen LogP contribution is -2.41. The highest BCUT2D eigenvalue weighted by Crippen LogP contribution is 2.13. The van der Waals surface area contributed by atoms with E-state index in [1.165, 1.54) is 19.2 Å². The maximum atomic E-state index is 12.5. The molecule has 6 nitrogen and oxygen atoms in total. The highest BCUT2D eigenvalue weighted by molar-refractivity contribution is 7.89. The topological polar surface area (TPSA) is 92.7 Å². The van der Waals surface area contributed by atoms with Gasteiger partial charge in [-0.15, -0.1) is 5.54 Å². The summed E-state index contributed by atoms with van der Waals surface area (Å²) in [7, 11) is -4.30. The van der Waals surface area contributed by atoms with Gasteiger partial charge in [0.1, 0.15) is 20.2 Å². The molecule has 0 radical (unpaired) electrons. The molecule has 8 heteroatoms. The van der Waals surface area contributed by atoms with Gasteiger partial charge in [0, 0.05) is 0 Å². The number of ether oxygens (including phenoxy) is 1. The predicted molar refractivity (Wildman–Crippen MR) is 104 cm³/mol. The van der Waals surface area contributed by atoms with Gasteiger partial charge in [-0.25, -0.2) is 8.42 Å². The summed E-state index contributed by atoms with van der Waals surface area (Å²) < 4.78 is 32.0. The molecule has 2 N–H and O–H groups in total. The Hall–Kier alpha value is -1.66. The van der Waals surface area contributed by atoms with Gasteiger partial charge in [0.15, 0.2) is 0 Å². The monoisotopic (exact) mass is 397 g/mol. The van der Waals surface area contributed by atoms with Crippen molar-refractivity contribution in [3.8, 4) is 11.5 Å². The van der Waals surface area contributed by atoms with Crippen molar-refractivity contribution in [2.24, 2.45) is 0 Å². The van der Waals surface area contributed by atoms with E-state index in [9.17, 15) is 18.3 Å². The minimum atomic E-state index is -3.88. The van der Waals surface area contributed by atoms with Crippen molar-refractivity contribution in [1.82, 2.24) is 4.72 Å². The summed E-state index contributed by atoms with van der Waals surface area (Å²) in [5.74, 6) is 2.07. The number of aliphatic hydroxyl groups excluding tert-OH is 1. The van der Waals surface area contributed by atoms with E-state index in [2.05, 4.69) is 40.6 Å². The Balaban J connectivity index is 2.85. The van der Waals surface area contributed by atoms with Crippen LogP contribution < -0.4 is 4.72 Å². The van der Waals surface area contributed by atoms with E-state index in [0.29, 0.717) is 0 Å². The van der Waals surface area contributed by atoms with Crippen molar-refractivity contribution >= 4 is 24.1 Å². The van der Waals surface area contributed by atoms with E-state index in [0.717, 1.165) is 5.56 Å². The minimum Gasteiger partial charge on any atom is -0.468 e. The van der Waals surface area contributed by atoms with Crippen LogP contribution in [-0.2, 0) is 19.6 Å². The van der Waals surface area contributed by atoms with Crippen LogP contribution in [0.3, 0.4) is 0 Å². The third-order valence-electron chi connectivity index (χ3n) is 3.46. The van der Waals surface area contributed by atoms with Gasteiger partial charge in [0.2, 0.25) is 10.0 Å². The second-order valence-corrected chi connectivity index (χ2v) is 13.6. The molecule has 0 aliphatic heterocycles. The quantitative estimate of drug-likeness (QED) is 0.416. The van der Waals surface area contributed by atoms with Gasteiger partial charge >= 0.3 is 5.97 Å². The Bertz CT molecular complexity index is 773. The number of esters is 1. The van der Waals surface area contributed by atoms with Crippen LogP contribution in [0, 0.1) is 18.4 Å². The first-order valence-corrected chi connectivity index (χ1v) is 13.3. The van der Waals surface area contributed by atoms with Crippen LogP contribution in [0.25, 0.3) is 0 Å². The molecule has 0 aromatic heterocycles. The number of rotatable bonds is 7. The third kappa shape index (κ3) is 7.70. The summed E-state index contributed by atoms with van der Waals surface area (Å²) in [6.07, 6.45) is -0.676. The Kier molecular flexibility index (Phi) is 8.03. The van der Waals surface area contributed by atoms with Crippen molar-refractivity contribution < 1.29 is 23.1 Å². The van der Waals surface area contributed by atoms with Crippen molar-refractivity contribution in [2.75, 3.05) is 7.11 Å². The standard InChI is InChI=1S/C18H27NO5SSi/c1-14-6-9-16(10-7-14)25(22,23)19-17(18(21)24-2)11-8-15(20)12-13-26(3,4)5/h6-7,9-10,15,17,19-20H,8,11H2,1-5H3/t15?,17-/m0/s1. The SMILES string of the molecule is COC(=O)[C@H](CCC(O)C#C[Si](C)(C)C)NS(=O)(=O)c1ccc(C)cc1. The Labute approximate surface area is 157 Å². The highest BCUT2D eigenvalue weighted by atomic mass is 32.2. The van der Waals surface area contributed by atoms with E-state index in [1.807, 2.05) is 6.92 Å². The second kappa shape index (κ2) is 9.32. The van der Waals surface area contributed by atoms with Crippen LogP contribution in [0.15, 0.2) is 29.2 Å². The van der Waals surface area contributed by atoms with Gasteiger partial charge in [-0.05, 0) is 31.9 Å². The molecule has 1 aromatic carbocycles. The summed E-state index contributed by atoms with van der Waals surface area (Å²) in [6.45, 7) is 8.02. The number of sulfonamides is 1. The first kappa shape index (κ1) is 22.4. The number of carbonyl (C=O) groups excluding carboxylic acids is 1. The molecule has 0 aliphatic carbocycles. The number of methoxy groups -OCH3 is 1. The van der Waals surface area contributed by atoms with Crippen molar-refractivity contribution in [3.63, 3.8) is 0 Å². The van der Waals surface area contributed by atoms with Gasteiger partial charge in [0.05, 0.1) is 12.0 Å². The average Bonchev–Trinajstić information content (AvgIpc) is 2.55. The minimum absolute atomic E-state index is 0.0658. The summed E-state index contributed by atoms with van der Waals surface area (Å²) in [5.41, 5.74) is 3.98. The summed E-state index contributed by atoms with van der Waals surface area (Å²) in [5, 5.41) is 9.98. The number of hydrogen-bond donors (Lipinski definition) is 2. The summed E-state index contributed by atoms with van der Waals surface area (Å²) in [6, 6.07) is 5.21. The first-order valence-electron chi connectivity index (χ1n) is 8.32. The molecule has 0 saturated carbocycles. The smallest absolute Gasteiger partial charge is 0.323 e. The van der Waals surface area contributed by atoms with Crippen LogP contribution in [0.4, 0.5) is 0 Å². The molecule has 1 unspecified atom stereocenters. The average molecular weight is 398 g/mol. The van der Waals surface area contributed by atoms with Crippen LogP contribution in [0.2, 0.25) is 19.6 Å². The fourth-order valence-corrected chi connectivity index (χ4v) is 3.86. The molecule has 0 heterocycles. The van der Waals surface area contributed by atoms with E-state index in [-0.39, 0.29) is 17.7 Å². The van der Waals surface area contributed by atoms with Crippen molar-refractivity contribution in [3.05, 3.63) is 29.8 Å². The number of aryl methyl sites for hydroxylation is 1. The number of aliphatic hydroxyl groups is 1. The number of carbonyl (C=O) groups is 1. The van der Waals surface area contributed by atoms with E-state index < -0.39 is 36.2 Å². The molecule has 0 fully saturated rings. The normalized spacial score (nSPS) is 14.1. The van der Waals surface area contributed by atoms with Crippen LogP contribution in [0.1, 0.15) is 18.4 Å². The van der Waals surface area contributed by atoms with Gasteiger partial charge in [0.25, 0.3) is 0 Å². The van der Waals surface area contributed by atoms with Gasteiger partial charge in [-0.2, -0.15) is 4.72 Å². The molecule has 0 aliphatic rings. The Morgan fingerprint density at radius 1 is 1.23 bits per heavy atom. The lowest BCUT2D eigenvalue weighted by Gasteiger charge is -2.17. The van der Waals surface area contributed by atoms with Crippen molar-refractivity contribution in [2.45, 2.75) is 56.4 Å². The van der Waals surface area contributed by atoms with Crippen LogP contribution >= 0.6 is 0 Å². The summed E-state index contributed by atoms with van der Waals surface area (Å²) >= 11 is 0. The van der Waals surface area contributed by atoms with E-state index >= 15 is 0 Å². The third-order valence-corrected chi connectivity index (χ3v) is 5.84. The Morgan fingerprint density at radius 2 is 1.81 bits per heavy atom. The Morgan fingerprint density at radius 3 is 2.31 bits per heavy atom. The molecule has 0 amide bonds. The van der Waals surface area contributed by atoms with Gasteiger partial charge in [-0.1, -0.05) is 43.3 Å². The molecule has 2 atom stereocenters. The zero-order valence-electron chi connectivity index (χ0n) is 15.9. The number of nitrogens with one attached hydrogen (secondary N) is 1. The number of benzene rings is 1. The fraction of sp³-hybridized carbons (Fsp3) is 0.500. The summed E-state index contributed by atoms with van der Waals surface area (Å²) in [4.78, 5) is 12.0. The van der Waals surface area contributed by atoms with E-state index in [4.69, 9.17) is 0 Å².